The van der Waals surface area contributed by atoms with Gasteiger partial charge in [-0.2, -0.15) is 0 Å². The van der Waals surface area contributed by atoms with E-state index < -0.39 is 0 Å². The van der Waals surface area contributed by atoms with Crippen molar-refractivity contribution in [2.75, 3.05) is 0 Å². The third-order valence-electron chi connectivity index (χ3n) is 6.03. The smallest absolute Gasteiger partial charge is 0.192 e. The van der Waals surface area contributed by atoms with E-state index in [1.807, 2.05) is 18.5 Å². The van der Waals surface area contributed by atoms with E-state index in [0.717, 1.165) is 29.4 Å². The Kier molecular flexibility index (Phi) is 8.82. The van der Waals surface area contributed by atoms with Crippen LogP contribution in [0.2, 0.25) is 0 Å². The van der Waals surface area contributed by atoms with Crippen molar-refractivity contribution in [1.29, 1.82) is 0 Å². The summed E-state index contributed by atoms with van der Waals surface area (Å²) in [6, 6.07) is 1.07. The predicted octanol–water partition coefficient (Wildman–Crippen LogP) is 3.93. The van der Waals surface area contributed by atoms with Crippen LogP contribution in [-0.2, 0) is 13.6 Å². The van der Waals surface area contributed by atoms with Crippen molar-refractivity contribution in [3.05, 3.63) is 11.6 Å². The number of nitrogens with zero attached hydrogens (tertiary/aromatic N) is 4. The van der Waals surface area contributed by atoms with Crippen LogP contribution in [0.4, 0.5) is 0 Å². The second-order valence-corrected chi connectivity index (χ2v) is 8.63. The highest BCUT2D eigenvalue weighted by molar-refractivity contribution is 14.0. The summed E-state index contributed by atoms with van der Waals surface area (Å²) >= 11 is 0. The molecule has 0 radical (unpaired) electrons. The van der Waals surface area contributed by atoms with E-state index in [0.29, 0.717) is 18.6 Å². The molecule has 0 aromatic carbocycles. The maximum absolute atomic E-state index is 4.88. The van der Waals surface area contributed by atoms with Crippen molar-refractivity contribution in [2.45, 2.75) is 90.8 Å². The normalized spacial score (nSPS) is 27.1. The second kappa shape index (κ2) is 10.6. The SMILES string of the molecule is Cc1nnc(CN=C(NC2CCCCC2)NC2CC(C)CC(C)C2)n1C.I. The summed E-state index contributed by atoms with van der Waals surface area (Å²) in [6.07, 6.45) is 10.3. The summed E-state index contributed by atoms with van der Waals surface area (Å²) in [6.45, 7) is 7.29. The van der Waals surface area contributed by atoms with Gasteiger partial charge in [0.25, 0.3) is 0 Å². The van der Waals surface area contributed by atoms with Gasteiger partial charge in [-0.05, 0) is 50.9 Å². The lowest BCUT2D eigenvalue weighted by molar-refractivity contribution is 0.254. The molecular formula is C20H37IN6. The minimum absolute atomic E-state index is 0. The van der Waals surface area contributed by atoms with Crippen LogP contribution in [0.3, 0.4) is 0 Å². The molecule has 2 atom stereocenters. The number of hydrogen-bond donors (Lipinski definition) is 2. The van der Waals surface area contributed by atoms with Gasteiger partial charge in [0.1, 0.15) is 12.4 Å². The fraction of sp³-hybridized carbons (Fsp3) is 0.850. The zero-order valence-corrected chi connectivity index (χ0v) is 19.7. The minimum atomic E-state index is 0. The molecule has 2 aliphatic rings. The van der Waals surface area contributed by atoms with Crippen LogP contribution >= 0.6 is 24.0 Å². The molecule has 2 N–H and O–H groups in total. The van der Waals surface area contributed by atoms with Gasteiger partial charge in [0.15, 0.2) is 11.8 Å². The van der Waals surface area contributed by atoms with E-state index >= 15 is 0 Å². The van der Waals surface area contributed by atoms with Crippen LogP contribution in [0.25, 0.3) is 0 Å². The number of halogens is 1. The maximum atomic E-state index is 4.88. The molecule has 0 amide bonds. The van der Waals surface area contributed by atoms with Crippen molar-refractivity contribution in [3.63, 3.8) is 0 Å². The van der Waals surface area contributed by atoms with E-state index in [1.165, 1.54) is 51.4 Å². The van der Waals surface area contributed by atoms with Crippen molar-refractivity contribution in [2.24, 2.45) is 23.9 Å². The summed E-state index contributed by atoms with van der Waals surface area (Å²) in [7, 11) is 2.01. The molecule has 2 fully saturated rings. The van der Waals surface area contributed by atoms with Crippen LogP contribution in [0.5, 0.6) is 0 Å². The van der Waals surface area contributed by atoms with Crippen molar-refractivity contribution in [1.82, 2.24) is 25.4 Å². The Hall–Kier alpha value is -0.860. The first-order chi connectivity index (χ1) is 12.5. The number of rotatable bonds is 4. The Labute approximate surface area is 181 Å². The average molecular weight is 488 g/mol. The molecule has 2 saturated carbocycles. The third-order valence-corrected chi connectivity index (χ3v) is 6.03. The molecule has 0 bridgehead atoms. The van der Waals surface area contributed by atoms with Gasteiger partial charge in [0.2, 0.25) is 0 Å². The Morgan fingerprint density at radius 2 is 1.63 bits per heavy atom. The first-order valence-corrected chi connectivity index (χ1v) is 10.4. The molecule has 6 nitrogen and oxygen atoms in total. The van der Waals surface area contributed by atoms with Crippen molar-refractivity contribution < 1.29 is 0 Å². The zero-order chi connectivity index (χ0) is 18.5. The number of nitrogens with one attached hydrogen (secondary N) is 2. The van der Waals surface area contributed by atoms with Gasteiger partial charge < -0.3 is 15.2 Å². The lowest BCUT2D eigenvalue weighted by Crippen LogP contribution is -2.49. The fourth-order valence-electron chi connectivity index (χ4n) is 4.57. The highest BCUT2D eigenvalue weighted by Crippen LogP contribution is 2.28. The number of aromatic nitrogens is 3. The van der Waals surface area contributed by atoms with E-state index in [4.69, 9.17) is 4.99 Å². The molecule has 154 valence electrons. The van der Waals surface area contributed by atoms with Gasteiger partial charge in [-0.15, -0.1) is 34.2 Å². The molecule has 7 heteroatoms. The van der Waals surface area contributed by atoms with Crippen molar-refractivity contribution in [3.8, 4) is 0 Å². The van der Waals surface area contributed by atoms with Gasteiger partial charge in [-0.25, -0.2) is 4.99 Å². The summed E-state index contributed by atoms with van der Waals surface area (Å²) in [5.41, 5.74) is 0. The second-order valence-electron chi connectivity index (χ2n) is 8.63. The van der Waals surface area contributed by atoms with E-state index in [9.17, 15) is 0 Å². The van der Waals surface area contributed by atoms with Crippen LogP contribution in [0.1, 0.15) is 76.9 Å². The molecule has 0 saturated heterocycles. The molecule has 2 aliphatic carbocycles. The molecule has 2 unspecified atom stereocenters. The third kappa shape index (κ3) is 6.61. The number of aliphatic imine (C=N–C) groups is 1. The van der Waals surface area contributed by atoms with Crippen LogP contribution in [0.15, 0.2) is 4.99 Å². The number of aryl methyl sites for hydroxylation is 1. The Balaban J connectivity index is 0.00000261. The van der Waals surface area contributed by atoms with Gasteiger partial charge >= 0.3 is 0 Å². The number of hydrogen-bond acceptors (Lipinski definition) is 3. The van der Waals surface area contributed by atoms with E-state index in [1.54, 1.807) is 0 Å². The monoisotopic (exact) mass is 488 g/mol. The predicted molar refractivity (Wildman–Crippen MR) is 121 cm³/mol. The molecular weight excluding hydrogens is 451 g/mol. The highest BCUT2D eigenvalue weighted by Gasteiger charge is 2.25. The maximum Gasteiger partial charge on any atom is 0.192 e. The van der Waals surface area contributed by atoms with Crippen LogP contribution < -0.4 is 10.6 Å². The van der Waals surface area contributed by atoms with Gasteiger partial charge in [0.05, 0.1) is 0 Å². The van der Waals surface area contributed by atoms with Gasteiger partial charge in [-0.1, -0.05) is 33.1 Å². The standard InChI is InChI=1S/C20H36N6.HI/c1-14-10-15(2)12-18(11-14)23-20(22-17-8-6-5-7-9-17)21-13-19-25-24-16(3)26(19)4;/h14-15,17-18H,5-13H2,1-4H3,(H2,21,22,23);1H. The molecule has 1 heterocycles. The van der Waals surface area contributed by atoms with Gasteiger partial charge in [-0.3, -0.25) is 0 Å². The van der Waals surface area contributed by atoms with Crippen LogP contribution in [-0.4, -0.2) is 32.8 Å². The fourth-order valence-corrected chi connectivity index (χ4v) is 4.57. The summed E-state index contributed by atoms with van der Waals surface area (Å²) in [4.78, 5) is 4.88. The Bertz CT molecular complexity index is 598. The lowest BCUT2D eigenvalue weighted by Gasteiger charge is -2.34. The topological polar surface area (TPSA) is 67.1 Å². The summed E-state index contributed by atoms with van der Waals surface area (Å²) in [5.74, 6) is 4.38. The van der Waals surface area contributed by atoms with Gasteiger partial charge in [0, 0.05) is 19.1 Å². The zero-order valence-electron chi connectivity index (χ0n) is 17.4. The molecule has 1 aromatic rings. The molecule has 27 heavy (non-hydrogen) atoms. The summed E-state index contributed by atoms with van der Waals surface area (Å²) < 4.78 is 2.02. The van der Waals surface area contributed by atoms with E-state index in [2.05, 4.69) is 34.7 Å². The Morgan fingerprint density at radius 1 is 1.00 bits per heavy atom. The first-order valence-electron chi connectivity index (χ1n) is 10.4. The minimum Gasteiger partial charge on any atom is -0.354 e. The average Bonchev–Trinajstić information content (AvgIpc) is 2.91. The first kappa shape index (κ1) is 22.4. The molecule has 0 aliphatic heterocycles. The molecule has 3 rings (SSSR count). The Morgan fingerprint density at radius 3 is 2.22 bits per heavy atom. The molecule has 0 spiro atoms. The van der Waals surface area contributed by atoms with E-state index in [-0.39, 0.29) is 24.0 Å². The highest BCUT2D eigenvalue weighted by atomic mass is 127. The molecule has 1 aromatic heterocycles. The number of guanidine groups is 1. The summed E-state index contributed by atoms with van der Waals surface area (Å²) in [5, 5.41) is 15.9. The van der Waals surface area contributed by atoms with Crippen molar-refractivity contribution >= 4 is 29.9 Å². The quantitative estimate of drug-likeness (QED) is 0.383. The van der Waals surface area contributed by atoms with Crippen LogP contribution in [0, 0.1) is 18.8 Å². The largest absolute Gasteiger partial charge is 0.354 e. The lowest BCUT2D eigenvalue weighted by atomic mass is 9.80.